The second-order valence-electron chi connectivity index (χ2n) is 4.27. The Labute approximate surface area is 152 Å². The van der Waals surface area contributed by atoms with Gasteiger partial charge < -0.3 is 9.30 Å². The van der Waals surface area contributed by atoms with Crippen molar-refractivity contribution in [1.29, 1.82) is 0 Å². The van der Waals surface area contributed by atoms with Gasteiger partial charge >= 0.3 is 0 Å². The quantitative estimate of drug-likeness (QED) is 0.591. The van der Waals surface area contributed by atoms with Gasteiger partial charge in [-0.3, -0.25) is 4.79 Å². The first-order valence-corrected chi connectivity index (χ1v) is 6.43. The molecule has 0 saturated carbocycles. The predicted octanol–water partition coefficient (Wildman–Crippen LogP) is 3.18. The summed E-state index contributed by atoms with van der Waals surface area (Å²) in [6.45, 7) is 5.62. The molecule has 0 amide bonds. The minimum Gasteiger partial charge on any atom is -0.489 e. The van der Waals surface area contributed by atoms with Crippen LogP contribution in [-0.2, 0) is 39.3 Å². The smallest absolute Gasteiger partial charge is 0.194 e. The van der Waals surface area contributed by atoms with Gasteiger partial charge in [0.1, 0.15) is 12.4 Å². The largest absolute Gasteiger partial charge is 0.489 e. The van der Waals surface area contributed by atoms with Gasteiger partial charge in [-0.05, 0) is 12.5 Å². The summed E-state index contributed by atoms with van der Waals surface area (Å²) >= 11 is 0. The molecule has 2 aromatic rings. The van der Waals surface area contributed by atoms with Gasteiger partial charge in [-0.15, -0.1) is 0 Å². The van der Waals surface area contributed by atoms with Crippen molar-refractivity contribution in [2.75, 3.05) is 6.61 Å². The second-order valence-corrected chi connectivity index (χ2v) is 4.27. The van der Waals surface area contributed by atoms with Gasteiger partial charge in [0.15, 0.2) is 5.56 Å². The van der Waals surface area contributed by atoms with Crippen LogP contribution in [0.2, 0.25) is 0 Å². The SMILES string of the molecule is C=CCOc1cc(F)c(-c2[c-]ccc(=O)n2CC)c(F)c1.[Y]. The molecule has 0 spiro atoms. The summed E-state index contributed by atoms with van der Waals surface area (Å²) in [6, 6.07) is 7.52. The van der Waals surface area contributed by atoms with E-state index in [9.17, 15) is 13.6 Å². The average Bonchev–Trinajstić information content (AvgIpc) is 2.44. The molecule has 113 valence electrons. The van der Waals surface area contributed by atoms with Crippen LogP contribution in [0, 0.1) is 17.7 Å². The number of hydrogen-bond acceptors (Lipinski definition) is 2. The molecule has 1 heterocycles. The predicted molar refractivity (Wildman–Crippen MR) is 76.3 cm³/mol. The topological polar surface area (TPSA) is 31.2 Å². The Hall–Kier alpha value is -1.33. The molecular formula is C16H14F2NO2Y-. The summed E-state index contributed by atoms with van der Waals surface area (Å²) < 4.78 is 34.7. The first-order chi connectivity index (χ1) is 10.1. The number of pyridine rings is 1. The van der Waals surface area contributed by atoms with Crippen molar-refractivity contribution >= 4 is 0 Å². The van der Waals surface area contributed by atoms with E-state index in [1.807, 2.05) is 0 Å². The van der Waals surface area contributed by atoms with Crippen LogP contribution in [0.15, 0.2) is 41.7 Å². The fraction of sp³-hybridized carbons (Fsp3) is 0.188. The zero-order valence-electron chi connectivity index (χ0n) is 12.1. The summed E-state index contributed by atoms with van der Waals surface area (Å²) in [5.41, 5.74) is -0.548. The van der Waals surface area contributed by atoms with Crippen LogP contribution in [0.1, 0.15) is 6.92 Å². The maximum Gasteiger partial charge on any atom is 0.194 e. The Bertz CT molecular complexity index is 705. The summed E-state index contributed by atoms with van der Waals surface area (Å²) in [5.74, 6) is -1.55. The molecule has 3 nitrogen and oxygen atoms in total. The van der Waals surface area contributed by atoms with Crippen LogP contribution in [-0.4, -0.2) is 11.2 Å². The molecule has 22 heavy (non-hydrogen) atoms. The Kier molecular flexibility index (Phi) is 7.10. The standard InChI is InChI=1S/C16H14F2NO2.Y/c1-3-8-21-11-9-12(17)16(13(18)10-11)14-6-5-7-15(20)19(14)4-2;/h3,5,7,9-10H,1,4,8H2,2H3;/q-1;. The summed E-state index contributed by atoms with van der Waals surface area (Å²) in [4.78, 5) is 11.7. The van der Waals surface area contributed by atoms with Crippen molar-refractivity contribution in [2.24, 2.45) is 0 Å². The Morgan fingerprint density at radius 2 is 2.00 bits per heavy atom. The van der Waals surface area contributed by atoms with Crippen molar-refractivity contribution in [3.63, 3.8) is 0 Å². The third-order valence-electron chi connectivity index (χ3n) is 2.92. The van der Waals surface area contributed by atoms with Gasteiger partial charge in [0, 0.05) is 51.4 Å². The van der Waals surface area contributed by atoms with E-state index in [1.165, 1.54) is 22.8 Å². The van der Waals surface area contributed by atoms with Gasteiger partial charge in [0.05, 0.1) is 11.6 Å². The third kappa shape index (κ3) is 3.90. The second kappa shape index (κ2) is 8.34. The Balaban J connectivity index is 0.00000242. The van der Waals surface area contributed by atoms with Crippen LogP contribution in [0.5, 0.6) is 5.75 Å². The third-order valence-corrected chi connectivity index (χ3v) is 2.92. The van der Waals surface area contributed by atoms with Gasteiger partial charge in [-0.25, -0.2) is 8.78 Å². The molecule has 0 unspecified atom stereocenters. The molecule has 2 rings (SSSR count). The molecule has 6 heteroatoms. The molecule has 0 bridgehead atoms. The number of rotatable bonds is 5. The number of halogens is 2. The van der Waals surface area contributed by atoms with Crippen molar-refractivity contribution in [3.05, 3.63) is 65.0 Å². The minimum atomic E-state index is -0.807. The molecule has 0 aliphatic rings. The molecule has 1 radical (unpaired) electrons. The van der Waals surface area contributed by atoms with Gasteiger partial charge in [0.25, 0.3) is 0 Å². The van der Waals surface area contributed by atoms with Gasteiger partial charge in [-0.1, -0.05) is 24.4 Å². The molecule has 0 saturated heterocycles. The molecule has 0 atom stereocenters. The maximum atomic E-state index is 14.2. The molecule has 0 aliphatic carbocycles. The van der Waals surface area contributed by atoms with E-state index in [2.05, 4.69) is 12.6 Å². The van der Waals surface area contributed by atoms with Crippen molar-refractivity contribution in [3.8, 4) is 17.0 Å². The van der Waals surface area contributed by atoms with E-state index in [1.54, 1.807) is 6.92 Å². The van der Waals surface area contributed by atoms with Crippen molar-refractivity contribution < 1.29 is 46.2 Å². The van der Waals surface area contributed by atoms with E-state index >= 15 is 0 Å². The van der Waals surface area contributed by atoms with E-state index in [-0.39, 0.29) is 61.9 Å². The normalized spacial score (nSPS) is 9.95. The van der Waals surface area contributed by atoms with Crippen LogP contribution >= 0.6 is 0 Å². The molecular weight excluding hydrogens is 365 g/mol. The molecule has 1 aromatic heterocycles. The zero-order chi connectivity index (χ0) is 15.4. The fourth-order valence-electron chi connectivity index (χ4n) is 2.01. The van der Waals surface area contributed by atoms with E-state index in [0.717, 1.165) is 12.1 Å². The van der Waals surface area contributed by atoms with Gasteiger partial charge in [-0.2, -0.15) is 12.1 Å². The van der Waals surface area contributed by atoms with Crippen LogP contribution < -0.4 is 10.3 Å². The van der Waals surface area contributed by atoms with Crippen LogP contribution in [0.4, 0.5) is 8.78 Å². The molecule has 0 fully saturated rings. The number of aromatic nitrogens is 1. The number of ether oxygens (including phenoxy) is 1. The maximum absolute atomic E-state index is 14.2. The summed E-state index contributed by atoms with van der Waals surface area (Å²) in [6.07, 6.45) is 1.48. The first kappa shape index (κ1) is 18.7. The van der Waals surface area contributed by atoms with Crippen LogP contribution in [0.3, 0.4) is 0 Å². The number of nitrogens with zero attached hydrogens (tertiary/aromatic N) is 1. The monoisotopic (exact) mass is 379 g/mol. The Morgan fingerprint density at radius 1 is 1.36 bits per heavy atom. The molecule has 0 aliphatic heterocycles. The van der Waals surface area contributed by atoms with Gasteiger partial charge in [0.2, 0.25) is 0 Å². The zero-order valence-corrected chi connectivity index (χ0v) is 14.9. The van der Waals surface area contributed by atoms with Crippen molar-refractivity contribution in [1.82, 2.24) is 4.57 Å². The molecule has 1 aromatic carbocycles. The minimum absolute atomic E-state index is 0. The summed E-state index contributed by atoms with van der Waals surface area (Å²) in [5, 5.41) is 0. The Morgan fingerprint density at radius 3 is 2.55 bits per heavy atom. The van der Waals surface area contributed by atoms with E-state index in [0.29, 0.717) is 6.54 Å². The summed E-state index contributed by atoms with van der Waals surface area (Å²) in [7, 11) is 0. The van der Waals surface area contributed by atoms with E-state index in [4.69, 9.17) is 4.74 Å². The number of hydrogen-bond donors (Lipinski definition) is 0. The average molecular weight is 379 g/mol. The first-order valence-electron chi connectivity index (χ1n) is 6.43. The van der Waals surface area contributed by atoms with Crippen LogP contribution in [0.25, 0.3) is 11.3 Å². The van der Waals surface area contributed by atoms with Crippen molar-refractivity contribution in [2.45, 2.75) is 13.5 Å². The van der Waals surface area contributed by atoms with E-state index < -0.39 is 11.6 Å². The molecule has 0 N–H and O–H groups in total. The fourth-order valence-corrected chi connectivity index (χ4v) is 2.01. The number of benzene rings is 1.